The highest BCUT2D eigenvalue weighted by atomic mass is 35.5. The molecule has 0 aliphatic heterocycles. The van der Waals surface area contributed by atoms with E-state index in [0.717, 1.165) is 12.8 Å². The number of benzene rings is 1. The summed E-state index contributed by atoms with van der Waals surface area (Å²) in [7, 11) is 0. The predicted molar refractivity (Wildman–Crippen MR) is 87.6 cm³/mol. The largest absolute Gasteiger partial charge is 0.507 e. The molecule has 0 aliphatic carbocycles. The minimum Gasteiger partial charge on any atom is -0.507 e. The second kappa shape index (κ2) is 6.82. The lowest BCUT2D eigenvalue weighted by atomic mass is 9.99. The summed E-state index contributed by atoms with van der Waals surface area (Å²) in [5.74, 6) is -1.38. The highest BCUT2D eigenvalue weighted by Gasteiger charge is 2.25. The topological polar surface area (TPSA) is 73.3 Å². The Labute approximate surface area is 142 Å². The second-order valence-corrected chi connectivity index (χ2v) is 6.06. The maximum absolute atomic E-state index is 12.5. The molecule has 0 atom stereocenters. The van der Waals surface area contributed by atoms with Gasteiger partial charge in [-0.1, -0.05) is 48.1 Å². The third kappa shape index (κ3) is 3.19. The Hall–Kier alpha value is -1.36. The van der Waals surface area contributed by atoms with Crippen molar-refractivity contribution >= 4 is 40.6 Å². The third-order valence-corrected chi connectivity index (χ3v) is 4.28. The number of carbonyl (C=O) groups excluding carboxylic acids is 1. The fourth-order valence-electron chi connectivity index (χ4n) is 2.12. The number of phenolic OH excluding ortho intramolecular Hbond substituents is 2. The summed E-state index contributed by atoms with van der Waals surface area (Å²) in [6.07, 6.45) is 2.29. The fourth-order valence-corrected chi connectivity index (χ4v) is 2.65. The summed E-state index contributed by atoms with van der Waals surface area (Å²) in [5.41, 5.74) is 0.314. The van der Waals surface area contributed by atoms with Crippen molar-refractivity contribution in [3.05, 3.63) is 44.2 Å². The van der Waals surface area contributed by atoms with Crippen molar-refractivity contribution in [1.82, 2.24) is 4.98 Å². The van der Waals surface area contributed by atoms with E-state index in [1.54, 1.807) is 0 Å². The lowest BCUT2D eigenvalue weighted by Crippen LogP contribution is -2.05. The number of carbonyl (C=O) groups is 1. The van der Waals surface area contributed by atoms with Crippen LogP contribution in [-0.2, 0) is 6.42 Å². The van der Waals surface area contributed by atoms with E-state index >= 15 is 0 Å². The summed E-state index contributed by atoms with van der Waals surface area (Å²) in [4.78, 5) is 15.1. The standard InChI is InChI=1S/C15H14Cl3NO3/c1-2-3-4-7-5-8(16)13(21)11(12(7)20)14(22)10-6-9(17)15(18)19-10/h5-6,19-21H,2-4H2,1H3. The van der Waals surface area contributed by atoms with Crippen molar-refractivity contribution in [2.24, 2.45) is 0 Å². The Balaban J connectivity index is 2.53. The molecular weight excluding hydrogens is 349 g/mol. The number of rotatable bonds is 5. The molecule has 0 spiro atoms. The molecule has 1 heterocycles. The molecule has 4 nitrogen and oxygen atoms in total. The van der Waals surface area contributed by atoms with Crippen LogP contribution in [0, 0.1) is 0 Å². The number of unbranched alkanes of at least 4 members (excludes halogenated alkanes) is 1. The average molecular weight is 363 g/mol. The van der Waals surface area contributed by atoms with Gasteiger partial charge in [0.05, 0.1) is 15.7 Å². The zero-order valence-corrected chi connectivity index (χ0v) is 14.0. The average Bonchev–Trinajstić information content (AvgIpc) is 2.81. The highest BCUT2D eigenvalue weighted by molar-refractivity contribution is 6.42. The van der Waals surface area contributed by atoms with Crippen LogP contribution in [0.5, 0.6) is 11.5 Å². The van der Waals surface area contributed by atoms with Gasteiger partial charge in [-0.05, 0) is 30.5 Å². The molecule has 0 aliphatic rings. The molecule has 22 heavy (non-hydrogen) atoms. The molecule has 3 N–H and O–H groups in total. The summed E-state index contributed by atoms with van der Waals surface area (Å²) < 4.78 is 0. The van der Waals surface area contributed by atoms with Crippen LogP contribution in [-0.4, -0.2) is 21.0 Å². The number of H-pyrrole nitrogens is 1. The van der Waals surface area contributed by atoms with Gasteiger partial charge < -0.3 is 15.2 Å². The molecule has 1 aromatic heterocycles. The molecule has 2 rings (SSSR count). The Morgan fingerprint density at radius 2 is 1.82 bits per heavy atom. The van der Waals surface area contributed by atoms with E-state index in [-0.39, 0.29) is 32.2 Å². The second-order valence-electron chi connectivity index (χ2n) is 4.87. The molecule has 7 heteroatoms. The van der Waals surface area contributed by atoms with E-state index in [9.17, 15) is 15.0 Å². The van der Waals surface area contributed by atoms with Gasteiger partial charge in [-0.2, -0.15) is 0 Å². The number of aryl methyl sites for hydroxylation is 1. The number of halogens is 3. The summed E-state index contributed by atoms with van der Waals surface area (Å²) in [6, 6.07) is 2.80. The molecule has 118 valence electrons. The van der Waals surface area contributed by atoms with E-state index in [2.05, 4.69) is 4.98 Å². The molecule has 0 unspecified atom stereocenters. The van der Waals surface area contributed by atoms with Gasteiger partial charge in [0.15, 0.2) is 0 Å². The van der Waals surface area contributed by atoms with E-state index in [4.69, 9.17) is 34.8 Å². The molecule has 0 saturated carbocycles. The lowest BCUT2D eigenvalue weighted by molar-refractivity contribution is 0.102. The molecule has 0 radical (unpaired) electrons. The van der Waals surface area contributed by atoms with E-state index in [1.807, 2.05) is 6.92 Å². The Bertz CT molecular complexity index is 706. The maximum Gasteiger partial charge on any atom is 0.216 e. The van der Waals surface area contributed by atoms with Crippen LogP contribution in [0.25, 0.3) is 0 Å². The van der Waals surface area contributed by atoms with E-state index < -0.39 is 11.5 Å². The summed E-state index contributed by atoms with van der Waals surface area (Å²) in [5, 5.41) is 20.6. The summed E-state index contributed by atoms with van der Waals surface area (Å²) in [6.45, 7) is 2.01. The third-order valence-electron chi connectivity index (χ3n) is 3.30. The normalized spacial score (nSPS) is 10.9. The zero-order valence-electron chi connectivity index (χ0n) is 11.7. The van der Waals surface area contributed by atoms with Crippen molar-refractivity contribution in [1.29, 1.82) is 0 Å². The number of aromatic nitrogens is 1. The van der Waals surface area contributed by atoms with Gasteiger partial charge in [0.25, 0.3) is 0 Å². The molecule has 0 saturated heterocycles. The molecule has 0 fully saturated rings. The minimum atomic E-state index is -0.635. The first-order valence-corrected chi connectivity index (χ1v) is 7.82. The van der Waals surface area contributed by atoms with Gasteiger partial charge in [-0.15, -0.1) is 0 Å². The van der Waals surface area contributed by atoms with Crippen LogP contribution in [0.15, 0.2) is 12.1 Å². The maximum atomic E-state index is 12.5. The van der Waals surface area contributed by atoms with E-state index in [1.165, 1.54) is 12.1 Å². The number of aromatic amines is 1. The predicted octanol–water partition coefficient (Wildman–Crippen LogP) is 4.96. The molecule has 2 aromatic rings. The van der Waals surface area contributed by atoms with Crippen molar-refractivity contribution in [3.63, 3.8) is 0 Å². The first-order chi connectivity index (χ1) is 10.4. The number of hydrogen-bond donors (Lipinski definition) is 3. The number of ketones is 1. The fraction of sp³-hybridized carbons (Fsp3) is 0.267. The van der Waals surface area contributed by atoms with Crippen LogP contribution < -0.4 is 0 Å². The van der Waals surface area contributed by atoms with Gasteiger partial charge >= 0.3 is 0 Å². The van der Waals surface area contributed by atoms with Gasteiger partial charge in [0.2, 0.25) is 5.78 Å². The summed E-state index contributed by atoms with van der Waals surface area (Å²) >= 11 is 17.5. The molecule has 0 bridgehead atoms. The quantitative estimate of drug-likeness (QED) is 0.658. The molecule has 0 amide bonds. The number of nitrogens with one attached hydrogen (secondary N) is 1. The SMILES string of the molecule is CCCCc1cc(Cl)c(O)c(C(=O)c2cc(Cl)c(Cl)[nH]2)c1O. The van der Waals surface area contributed by atoms with Crippen LogP contribution in [0.4, 0.5) is 0 Å². The zero-order chi connectivity index (χ0) is 16.4. The van der Waals surface area contributed by atoms with Crippen molar-refractivity contribution in [3.8, 4) is 11.5 Å². The molecular formula is C15H14Cl3NO3. The van der Waals surface area contributed by atoms with Crippen molar-refractivity contribution in [2.45, 2.75) is 26.2 Å². The van der Waals surface area contributed by atoms with E-state index in [0.29, 0.717) is 12.0 Å². The first kappa shape index (κ1) is 17.0. The number of phenols is 2. The Kier molecular flexibility index (Phi) is 5.27. The molecule has 1 aromatic carbocycles. The number of aromatic hydroxyl groups is 2. The van der Waals surface area contributed by atoms with Crippen LogP contribution in [0.1, 0.15) is 41.4 Å². The van der Waals surface area contributed by atoms with Crippen LogP contribution >= 0.6 is 34.8 Å². The smallest absolute Gasteiger partial charge is 0.216 e. The van der Waals surface area contributed by atoms with Crippen molar-refractivity contribution < 1.29 is 15.0 Å². The Morgan fingerprint density at radius 3 is 2.36 bits per heavy atom. The minimum absolute atomic E-state index is 0.0102. The highest BCUT2D eigenvalue weighted by Crippen LogP contribution is 2.39. The number of hydrogen-bond acceptors (Lipinski definition) is 3. The monoisotopic (exact) mass is 361 g/mol. The van der Waals surface area contributed by atoms with Crippen LogP contribution in [0.2, 0.25) is 15.2 Å². The van der Waals surface area contributed by atoms with Gasteiger partial charge in [-0.25, -0.2) is 0 Å². The van der Waals surface area contributed by atoms with Gasteiger partial charge in [0.1, 0.15) is 22.2 Å². The van der Waals surface area contributed by atoms with Crippen LogP contribution in [0.3, 0.4) is 0 Å². The van der Waals surface area contributed by atoms with Gasteiger partial charge in [-0.3, -0.25) is 4.79 Å². The Morgan fingerprint density at radius 1 is 1.14 bits per heavy atom. The van der Waals surface area contributed by atoms with Crippen molar-refractivity contribution in [2.75, 3.05) is 0 Å². The van der Waals surface area contributed by atoms with Gasteiger partial charge in [0, 0.05) is 0 Å². The lowest BCUT2D eigenvalue weighted by Gasteiger charge is -2.12. The first-order valence-electron chi connectivity index (χ1n) is 6.68.